The first-order chi connectivity index (χ1) is 8.63. The van der Waals surface area contributed by atoms with E-state index in [4.69, 9.17) is 5.73 Å². The van der Waals surface area contributed by atoms with E-state index in [9.17, 15) is 4.39 Å². The second-order valence-electron chi connectivity index (χ2n) is 4.45. The monoisotopic (exact) mass is 245 g/mol. The van der Waals surface area contributed by atoms with Crippen LogP contribution >= 0.6 is 0 Å². The first-order valence-electron chi connectivity index (χ1n) is 5.94. The van der Waals surface area contributed by atoms with E-state index < -0.39 is 0 Å². The Morgan fingerprint density at radius 2 is 2.17 bits per heavy atom. The molecule has 2 aromatic rings. The Morgan fingerprint density at radius 1 is 1.33 bits per heavy atom. The highest BCUT2D eigenvalue weighted by Gasteiger charge is 2.04. The molecule has 94 valence electrons. The molecule has 1 atom stereocenters. The molecule has 1 aromatic carbocycles. The third-order valence-electron chi connectivity index (χ3n) is 2.55. The van der Waals surface area contributed by atoms with E-state index in [0.717, 1.165) is 17.7 Å². The van der Waals surface area contributed by atoms with Gasteiger partial charge in [0.15, 0.2) is 0 Å². The fraction of sp³-hybridized carbons (Fsp3) is 0.286. The number of hydrogen-bond donors (Lipinski definition) is 1. The summed E-state index contributed by atoms with van der Waals surface area (Å²) in [6, 6.07) is 8.42. The molecule has 0 aliphatic rings. The minimum Gasteiger partial charge on any atom is -0.328 e. The summed E-state index contributed by atoms with van der Waals surface area (Å²) < 4.78 is 13.1. The Bertz CT molecular complexity index is 526. The van der Waals surface area contributed by atoms with Crippen LogP contribution in [0.5, 0.6) is 0 Å². The third-order valence-corrected chi connectivity index (χ3v) is 2.55. The van der Waals surface area contributed by atoms with Crippen LogP contribution in [0.25, 0.3) is 0 Å². The first kappa shape index (κ1) is 12.6. The summed E-state index contributed by atoms with van der Waals surface area (Å²) in [6.45, 7) is 1.94. The fourth-order valence-corrected chi connectivity index (χ4v) is 1.80. The lowest BCUT2D eigenvalue weighted by Crippen LogP contribution is -2.19. The maximum atomic E-state index is 13.1. The van der Waals surface area contributed by atoms with Crippen molar-refractivity contribution in [3.05, 3.63) is 59.4 Å². The van der Waals surface area contributed by atoms with Gasteiger partial charge in [-0.15, -0.1) is 0 Å². The molecule has 0 saturated heterocycles. The van der Waals surface area contributed by atoms with Crippen LogP contribution in [-0.2, 0) is 12.8 Å². The molecule has 0 saturated carbocycles. The number of rotatable bonds is 4. The van der Waals surface area contributed by atoms with Crippen molar-refractivity contribution in [2.24, 2.45) is 5.73 Å². The highest BCUT2D eigenvalue weighted by Crippen LogP contribution is 2.08. The van der Waals surface area contributed by atoms with Gasteiger partial charge in [-0.2, -0.15) is 0 Å². The van der Waals surface area contributed by atoms with Gasteiger partial charge in [-0.3, -0.25) is 0 Å². The Labute approximate surface area is 106 Å². The minimum atomic E-state index is -0.237. The summed E-state index contributed by atoms with van der Waals surface area (Å²) in [7, 11) is 0. The van der Waals surface area contributed by atoms with Gasteiger partial charge >= 0.3 is 0 Å². The molecule has 0 aliphatic carbocycles. The van der Waals surface area contributed by atoms with E-state index in [0.29, 0.717) is 12.2 Å². The van der Waals surface area contributed by atoms with Gasteiger partial charge in [-0.25, -0.2) is 14.4 Å². The normalized spacial score (nSPS) is 12.4. The molecule has 2 N–H and O–H groups in total. The molecule has 0 bridgehead atoms. The molecule has 2 rings (SSSR count). The zero-order chi connectivity index (χ0) is 13.0. The highest BCUT2D eigenvalue weighted by molar-refractivity contribution is 5.20. The lowest BCUT2D eigenvalue weighted by molar-refractivity contribution is 0.625. The Morgan fingerprint density at radius 3 is 2.89 bits per heavy atom. The van der Waals surface area contributed by atoms with Crippen molar-refractivity contribution in [3.8, 4) is 0 Å². The van der Waals surface area contributed by atoms with Crippen LogP contribution in [-0.4, -0.2) is 16.0 Å². The zero-order valence-corrected chi connectivity index (χ0v) is 10.3. The second kappa shape index (κ2) is 5.69. The molecule has 1 unspecified atom stereocenters. The molecule has 0 radical (unpaired) electrons. The van der Waals surface area contributed by atoms with Crippen LogP contribution in [0.15, 0.2) is 36.5 Å². The van der Waals surface area contributed by atoms with Crippen LogP contribution in [0.4, 0.5) is 4.39 Å². The topological polar surface area (TPSA) is 51.8 Å². The Hall–Kier alpha value is -1.81. The summed E-state index contributed by atoms with van der Waals surface area (Å²) in [5.41, 5.74) is 7.53. The zero-order valence-electron chi connectivity index (χ0n) is 10.3. The highest BCUT2D eigenvalue weighted by atomic mass is 19.1. The van der Waals surface area contributed by atoms with Crippen molar-refractivity contribution < 1.29 is 4.39 Å². The van der Waals surface area contributed by atoms with Gasteiger partial charge in [0.25, 0.3) is 0 Å². The molecule has 0 spiro atoms. The van der Waals surface area contributed by atoms with Gasteiger partial charge in [0.2, 0.25) is 0 Å². The summed E-state index contributed by atoms with van der Waals surface area (Å²) in [4.78, 5) is 8.62. The standard InChI is InChI=1S/C14H16FN3/c1-10(16)7-13-5-6-17-14(18-13)9-11-3-2-4-12(15)8-11/h2-6,8,10H,7,9,16H2,1H3. The molecular formula is C14H16FN3. The molecular weight excluding hydrogens is 229 g/mol. The summed E-state index contributed by atoms with van der Waals surface area (Å²) in [5, 5.41) is 0. The van der Waals surface area contributed by atoms with Gasteiger partial charge in [0.05, 0.1) is 0 Å². The maximum Gasteiger partial charge on any atom is 0.132 e. The lowest BCUT2D eigenvalue weighted by atomic mass is 10.1. The largest absolute Gasteiger partial charge is 0.328 e. The predicted molar refractivity (Wildman–Crippen MR) is 68.6 cm³/mol. The molecule has 3 nitrogen and oxygen atoms in total. The smallest absolute Gasteiger partial charge is 0.132 e. The summed E-state index contributed by atoms with van der Waals surface area (Å²) >= 11 is 0. The minimum absolute atomic E-state index is 0.0712. The maximum absolute atomic E-state index is 13.1. The van der Waals surface area contributed by atoms with Crippen LogP contribution in [0, 0.1) is 5.82 Å². The molecule has 0 fully saturated rings. The molecule has 0 aliphatic heterocycles. The average molecular weight is 245 g/mol. The van der Waals surface area contributed by atoms with Crippen molar-refractivity contribution in [1.29, 1.82) is 0 Å². The first-order valence-corrected chi connectivity index (χ1v) is 5.94. The number of halogens is 1. The third kappa shape index (κ3) is 3.60. The number of benzene rings is 1. The molecule has 18 heavy (non-hydrogen) atoms. The predicted octanol–water partition coefficient (Wildman–Crippen LogP) is 2.10. The summed E-state index contributed by atoms with van der Waals surface area (Å²) in [6.07, 6.45) is 2.97. The summed E-state index contributed by atoms with van der Waals surface area (Å²) in [5.74, 6) is 0.456. The number of hydrogen-bond acceptors (Lipinski definition) is 3. The quantitative estimate of drug-likeness (QED) is 0.897. The van der Waals surface area contributed by atoms with Gasteiger partial charge in [-0.1, -0.05) is 12.1 Å². The van der Waals surface area contributed by atoms with E-state index in [2.05, 4.69) is 9.97 Å². The van der Waals surface area contributed by atoms with Crippen LogP contribution in [0.1, 0.15) is 24.0 Å². The van der Waals surface area contributed by atoms with E-state index >= 15 is 0 Å². The van der Waals surface area contributed by atoms with E-state index in [1.165, 1.54) is 12.1 Å². The Balaban J connectivity index is 2.14. The number of nitrogens with zero attached hydrogens (tertiary/aromatic N) is 2. The van der Waals surface area contributed by atoms with Crippen LogP contribution in [0.2, 0.25) is 0 Å². The van der Waals surface area contributed by atoms with E-state index in [-0.39, 0.29) is 11.9 Å². The molecule has 1 heterocycles. The Kier molecular flexibility index (Phi) is 3.99. The van der Waals surface area contributed by atoms with Crippen molar-refractivity contribution in [3.63, 3.8) is 0 Å². The van der Waals surface area contributed by atoms with E-state index in [1.54, 1.807) is 12.3 Å². The van der Waals surface area contributed by atoms with Crippen LogP contribution < -0.4 is 5.73 Å². The second-order valence-corrected chi connectivity index (χ2v) is 4.45. The lowest BCUT2D eigenvalue weighted by Gasteiger charge is -2.06. The fourth-order valence-electron chi connectivity index (χ4n) is 1.80. The van der Waals surface area contributed by atoms with Crippen molar-refractivity contribution in [2.75, 3.05) is 0 Å². The number of aromatic nitrogens is 2. The van der Waals surface area contributed by atoms with Crippen molar-refractivity contribution in [2.45, 2.75) is 25.8 Å². The van der Waals surface area contributed by atoms with Crippen LogP contribution in [0.3, 0.4) is 0 Å². The van der Waals surface area contributed by atoms with Gasteiger partial charge in [0.1, 0.15) is 11.6 Å². The average Bonchev–Trinajstić information content (AvgIpc) is 2.28. The van der Waals surface area contributed by atoms with Crippen molar-refractivity contribution in [1.82, 2.24) is 9.97 Å². The van der Waals surface area contributed by atoms with Gasteiger partial charge < -0.3 is 5.73 Å². The number of nitrogens with two attached hydrogens (primary N) is 1. The molecule has 0 amide bonds. The SMILES string of the molecule is CC(N)Cc1ccnc(Cc2cccc(F)c2)n1. The van der Waals surface area contributed by atoms with E-state index in [1.807, 2.05) is 19.1 Å². The molecule has 1 aromatic heterocycles. The molecule has 4 heteroatoms. The van der Waals surface area contributed by atoms with Gasteiger partial charge in [0, 0.05) is 30.8 Å². The van der Waals surface area contributed by atoms with Gasteiger partial charge in [-0.05, 0) is 30.7 Å². The van der Waals surface area contributed by atoms with Crippen molar-refractivity contribution >= 4 is 0 Å².